The van der Waals surface area contributed by atoms with E-state index in [9.17, 15) is 28.8 Å². The molecule has 0 saturated carbocycles. The van der Waals surface area contributed by atoms with Crippen molar-refractivity contribution >= 4 is 35.6 Å². The Balaban J connectivity index is 1.40. The normalized spacial score (nSPS) is 12.3. The first kappa shape index (κ1) is 43.3. The summed E-state index contributed by atoms with van der Waals surface area (Å²) in [6.45, 7) is 3.68. The van der Waals surface area contributed by atoms with Gasteiger partial charge in [0.2, 0.25) is 11.8 Å². The third-order valence-corrected chi connectivity index (χ3v) is 8.98. The van der Waals surface area contributed by atoms with E-state index in [0.717, 1.165) is 25.3 Å². The van der Waals surface area contributed by atoms with Crippen molar-refractivity contribution in [2.24, 2.45) is 11.8 Å². The van der Waals surface area contributed by atoms with Crippen LogP contribution >= 0.6 is 0 Å². The number of amides is 4. The molecule has 0 fully saturated rings. The van der Waals surface area contributed by atoms with Gasteiger partial charge in [-0.25, -0.2) is 10.3 Å². The molecule has 0 aliphatic rings. The second kappa shape index (κ2) is 22.2. The van der Waals surface area contributed by atoms with E-state index in [2.05, 4.69) is 26.2 Å². The summed E-state index contributed by atoms with van der Waals surface area (Å²) in [4.78, 5) is 82.7. The van der Waals surface area contributed by atoms with Crippen LogP contribution in [-0.2, 0) is 46.5 Å². The van der Waals surface area contributed by atoms with Gasteiger partial charge < -0.3 is 34.6 Å². The van der Waals surface area contributed by atoms with E-state index in [-0.39, 0.29) is 42.7 Å². The van der Waals surface area contributed by atoms with E-state index in [4.69, 9.17) is 18.7 Å². The fourth-order valence-corrected chi connectivity index (χ4v) is 5.98. The van der Waals surface area contributed by atoms with Crippen LogP contribution in [-0.4, -0.2) is 69.1 Å². The highest BCUT2D eigenvalue weighted by atomic mass is 16.7. The van der Waals surface area contributed by atoms with E-state index in [1.807, 2.05) is 67.6 Å². The standard InChI is InChI=1S/C42H48N4O11/c1-5-30(40(50)46-56-25-28-15-11-8-12-16-28)31(19-17-27-13-9-7-10-14-27)38(48)43-26-44-41(51)35-22-21-34(57-35)29-18-20-32(36(23-29)55-6-2)39(49)45-33(42(52)54-4)24-37(47)53-3/h7-16,18,20-23,30-31,33H,5-6,17,19,24-26H2,1-4H3,(H,43,48)(H,44,51)(H,45,49)(H,46,50)/t30-,31-,33-/m1/s1. The molecule has 15 nitrogen and oxygen atoms in total. The fraction of sp³-hybridized carbons (Fsp3) is 0.333. The zero-order valence-corrected chi connectivity index (χ0v) is 32.3. The summed E-state index contributed by atoms with van der Waals surface area (Å²) in [5, 5.41) is 7.85. The van der Waals surface area contributed by atoms with Crippen LogP contribution in [0.1, 0.15) is 65.1 Å². The Bertz CT molecular complexity index is 1970. The number of methoxy groups -OCH3 is 2. The average Bonchev–Trinajstić information content (AvgIpc) is 3.73. The number of carbonyl (C=O) groups excluding carboxylic acids is 6. The number of aryl methyl sites for hydroxylation is 1. The van der Waals surface area contributed by atoms with E-state index >= 15 is 0 Å². The molecule has 0 unspecified atom stereocenters. The number of hydrogen-bond donors (Lipinski definition) is 4. The summed E-state index contributed by atoms with van der Waals surface area (Å²) >= 11 is 0. The number of esters is 2. The van der Waals surface area contributed by atoms with Crippen LogP contribution in [0, 0.1) is 11.8 Å². The molecule has 0 aliphatic heterocycles. The van der Waals surface area contributed by atoms with E-state index in [1.165, 1.54) is 18.2 Å². The number of hydrogen-bond acceptors (Lipinski definition) is 11. The molecule has 0 saturated heterocycles. The topological polar surface area (TPSA) is 201 Å². The first-order valence-electron chi connectivity index (χ1n) is 18.5. The quantitative estimate of drug-likeness (QED) is 0.0527. The molecule has 0 bridgehead atoms. The minimum Gasteiger partial charge on any atom is -0.493 e. The molecule has 1 heterocycles. The molecule has 4 amide bonds. The van der Waals surface area contributed by atoms with Gasteiger partial charge in [0.05, 0.1) is 52.0 Å². The average molecular weight is 785 g/mol. The summed E-state index contributed by atoms with van der Waals surface area (Å²) in [5.74, 6) is -4.74. The molecule has 57 heavy (non-hydrogen) atoms. The maximum absolute atomic E-state index is 13.6. The van der Waals surface area contributed by atoms with Crippen LogP contribution in [0.3, 0.4) is 0 Å². The smallest absolute Gasteiger partial charge is 0.328 e. The van der Waals surface area contributed by atoms with Crippen LogP contribution in [0.25, 0.3) is 11.3 Å². The van der Waals surface area contributed by atoms with Crippen LogP contribution < -0.4 is 26.2 Å². The van der Waals surface area contributed by atoms with E-state index in [1.54, 1.807) is 19.1 Å². The van der Waals surface area contributed by atoms with Crippen LogP contribution in [0.15, 0.2) is 95.4 Å². The number of ether oxygens (including phenoxy) is 3. The Morgan fingerprint density at radius 3 is 2.09 bits per heavy atom. The Morgan fingerprint density at radius 1 is 0.737 bits per heavy atom. The van der Waals surface area contributed by atoms with Gasteiger partial charge in [-0.3, -0.25) is 28.8 Å². The fourth-order valence-electron chi connectivity index (χ4n) is 5.98. The molecular formula is C42H48N4O11. The van der Waals surface area contributed by atoms with Crippen molar-refractivity contribution in [3.05, 3.63) is 113 Å². The molecule has 0 spiro atoms. The molecule has 4 aromatic rings. The highest BCUT2D eigenvalue weighted by Crippen LogP contribution is 2.29. The van der Waals surface area contributed by atoms with Crippen LogP contribution in [0.4, 0.5) is 0 Å². The van der Waals surface area contributed by atoms with Crippen molar-refractivity contribution < 1.29 is 52.2 Å². The van der Waals surface area contributed by atoms with Gasteiger partial charge in [-0.15, -0.1) is 0 Å². The number of furan rings is 1. The molecule has 15 heteroatoms. The largest absolute Gasteiger partial charge is 0.493 e. The SMILES string of the molecule is CCOc1cc(-c2ccc(C(=O)NCNC(=O)[C@H](CCc3ccccc3)[C@@H](CC)C(=O)NOCc3ccccc3)o2)ccc1C(=O)N[C@H](CC(=O)OC)C(=O)OC. The molecule has 3 aromatic carbocycles. The Morgan fingerprint density at radius 2 is 1.44 bits per heavy atom. The van der Waals surface area contributed by atoms with Crippen LogP contribution in [0.5, 0.6) is 5.75 Å². The molecule has 1 aromatic heterocycles. The first-order chi connectivity index (χ1) is 27.6. The predicted molar refractivity (Wildman–Crippen MR) is 207 cm³/mol. The monoisotopic (exact) mass is 784 g/mol. The second-order valence-electron chi connectivity index (χ2n) is 12.7. The summed E-state index contributed by atoms with van der Waals surface area (Å²) in [6, 6.07) is 25.3. The molecule has 0 radical (unpaired) electrons. The lowest BCUT2D eigenvalue weighted by Crippen LogP contribution is -2.45. The zero-order valence-electron chi connectivity index (χ0n) is 32.3. The van der Waals surface area contributed by atoms with Gasteiger partial charge in [-0.1, -0.05) is 73.7 Å². The first-order valence-corrected chi connectivity index (χ1v) is 18.5. The van der Waals surface area contributed by atoms with Crippen molar-refractivity contribution in [2.45, 2.75) is 52.2 Å². The third-order valence-electron chi connectivity index (χ3n) is 8.98. The molecule has 4 N–H and O–H groups in total. The second-order valence-corrected chi connectivity index (χ2v) is 12.7. The number of rotatable bonds is 21. The van der Waals surface area contributed by atoms with Gasteiger partial charge in [-0.05, 0) is 61.6 Å². The number of carbonyl (C=O) groups is 6. The van der Waals surface area contributed by atoms with Crippen molar-refractivity contribution in [3.8, 4) is 17.1 Å². The Hall–Kier alpha value is -6.48. The summed E-state index contributed by atoms with van der Waals surface area (Å²) in [5.41, 5.74) is 4.95. The molecule has 302 valence electrons. The minimum absolute atomic E-state index is 0.0511. The number of nitrogens with one attached hydrogen (secondary N) is 4. The highest BCUT2D eigenvalue weighted by Gasteiger charge is 2.33. The summed E-state index contributed by atoms with van der Waals surface area (Å²) in [7, 11) is 2.29. The third kappa shape index (κ3) is 12.8. The number of benzene rings is 3. The van der Waals surface area contributed by atoms with Gasteiger partial charge in [0, 0.05) is 11.5 Å². The molecule has 0 aliphatic carbocycles. The van der Waals surface area contributed by atoms with E-state index in [0.29, 0.717) is 24.8 Å². The van der Waals surface area contributed by atoms with E-state index < -0.39 is 59.9 Å². The van der Waals surface area contributed by atoms with Gasteiger partial charge in [0.1, 0.15) is 17.6 Å². The van der Waals surface area contributed by atoms with Gasteiger partial charge >= 0.3 is 11.9 Å². The lowest BCUT2D eigenvalue weighted by Gasteiger charge is -2.25. The molecule has 3 atom stereocenters. The van der Waals surface area contributed by atoms with Crippen molar-refractivity contribution in [3.63, 3.8) is 0 Å². The number of hydroxylamine groups is 1. The Kier molecular flexibility index (Phi) is 16.8. The molecule has 4 rings (SSSR count). The van der Waals surface area contributed by atoms with Gasteiger partial charge in [-0.2, -0.15) is 0 Å². The lowest BCUT2D eigenvalue weighted by molar-refractivity contribution is -0.149. The minimum atomic E-state index is -1.29. The maximum atomic E-state index is 13.6. The maximum Gasteiger partial charge on any atom is 0.328 e. The predicted octanol–water partition coefficient (Wildman–Crippen LogP) is 4.51. The van der Waals surface area contributed by atoms with Gasteiger partial charge in [0.25, 0.3) is 11.8 Å². The molecular weight excluding hydrogens is 736 g/mol. The van der Waals surface area contributed by atoms with Crippen molar-refractivity contribution in [1.82, 2.24) is 21.4 Å². The Labute approximate surface area is 330 Å². The van der Waals surface area contributed by atoms with Gasteiger partial charge in [0.15, 0.2) is 5.76 Å². The van der Waals surface area contributed by atoms with Crippen LogP contribution in [0.2, 0.25) is 0 Å². The van der Waals surface area contributed by atoms with Crippen molar-refractivity contribution in [1.29, 1.82) is 0 Å². The lowest BCUT2D eigenvalue weighted by atomic mass is 9.84. The zero-order chi connectivity index (χ0) is 41.2. The highest BCUT2D eigenvalue weighted by molar-refractivity contribution is 6.00. The van der Waals surface area contributed by atoms with Crippen molar-refractivity contribution in [2.75, 3.05) is 27.5 Å². The summed E-state index contributed by atoms with van der Waals surface area (Å²) < 4.78 is 20.8. The summed E-state index contributed by atoms with van der Waals surface area (Å²) in [6.07, 6.45) is 0.859.